The maximum atomic E-state index is 13.0. The largest absolute Gasteiger partial charge is 0.392 e. The lowest BCUT2D eigenvalue weighted by molar-refractivity contribution is -0.139. The van der Waals surface area contributed by atoms with E-state index in [2.05, 4.69) is 0 Å². The predicted molar refractivity (Wildman–Crippen MR) is 92.1 cm³/mol. The average molecular weight is 353 g/mol. The summed E-state index contributed by atoms with van der Waals surface area (Å²) in [5, 5.41) is -0.763. The Morgan fingerprint density at radius 1 is 1.38 bits per heavy atom. The Balaban J connectivity index is 3.21. The molecule has 0 aromatic rings. The highest BCUT2D eigenvalue weighted by molar-refractivity contribution is 8.01. The van der Waals surface area contributed by atoms with E-state index < -0.39 is 20.6 Å². The van der Waals surface area contributed by atoms with Crippen molar-refractivity contribution < 1.29 is 13.2 Å². The Labute approximate surface area is 136 Å². The average Bonchev–Trinajstić information content (AvgIpc) is 2.48. The van der Waals surface area contributed by atoms with Gasteiger partial charge in [-0.3, -0.25) is 4.79 Å². The lowest BCUT2D eigenvalue weighted by Gasteiger charge is -2.41. The van der Waals surface area contributed by atoms with Gasteiger partial charge in [0.2, 0.25) is 5.91 Å². The number of carbonyl (C=O) groups is 1. The zero-order valence-corrected chi connectivity index (χ0v) is 15.2. The number of carbonyl (C=O) groups excluding carboxylic acids is 1. The molecule has 1 aliphatic heterocycles. The molecule has 1 aliphatic rings. The van der Waals surface area contributed by atoms with Crippen LogP contribution in [0, 0.1) is 5.41 Å². The highest BCUT2D eigenvalue weighted by Crippen LogP contribution is 2.33. The normalized spacial score (nSPS) is 20.3. The van der Waals surface area contributed by atoms with E-state index in [4.69, 9.17) is 18.0 Å². The van der Waals surface area contributed by atoms with Crippen LogP contribution in [0.5, 0.6) is 0 Å². The summed E-state index contributed by atoms with van der Waals surface area (Å²) in [4.78, 5) is 14.6. The Bertz CT molecular complexity index is 501. The molecule has 5 nitrogen and oxygen atoms in total. The standard InChI is InChI=1S/C13H24N2O3S3/c1-4-13(5-2,11(14)19)12(16)15-7-8-20-9-10(15)21(17,18)6-3/h10H,4-9H2,1-3H3,(H2,14,19). The van der Waals surface area contributed by atoms with Crippen LogP contribution in [0.15, 0.2) is 0 Å². The molecule has 1 atom stereocenters. The molecule has 1 amide bonds. The zero-order valence-electron chi connectivity index (χ0n) is 12.8. The molecule has 0 spiro atoms. The van der Waals surface area contributed by atoms with Gasteiger partial charge >= 0.3 is 0 Å². The Morgan fingerprint density at radius 3 is 2.38 bits per heavy atom. The third kappa shape index (κ3) is 3.53. The minimum atomic E-state index is -3.32. The van der Waals surface area contributed by atoms with Crippen molar-refractivity contribution in [3.05, 3.63) is 0 Å². The van der Waals surface area contributed by atoms with Crippen LogP contribution in [-0.2, 0) is 14.6 Å². The Hall–Kier alpha value is -0.340. The number of hydrogen-bond acceptors (Lipinski definition) is 5. The number of sulfone groups is 1. The van der Waals surface area contributed by atoms with E-state index in [1.165, 1.54) is 4.90 Å². The van der Waals surface area contributed by atoms with Crippen molar-refractivity contribution in [2.75, 3.05) is 23.8 Å². The number of nitrogens with two attached hydrogens (primary N) is 1. The van der Waals surface area contributed by atoms with Crippen molar-refractivity contribution in [1.29, 1.82) is 0 Å². The lowest BCUT2D eigenvalue weighted by Crippen LogP contribution is -2.58. The van der Waals surface area contributed by atoms with Gasteiger partial charge in [0.05, 0.1) is 10.4 Å². The molecule has 122 valence electrons. The molecule has 0 aromatic carbocycles. The second-order valence-electron chi connectivity index (χ2n) is 5.13. The van der Waals surface area contributed by atoms with Gasteiger partial charge < -0.3 is 10.6 Å². The van der Waals surface area contributed by atoms with Crippen LogP contribution in [-0.4, -0.2) is 53.4 Å². The van der Waals surface area contributed by atoms with Crippen LogP contribution >= 0.6 is 24.0 Å². The molecule has 0 bridgehead atoms. The van der Waals surface area contributed by atoms with Crippen molar-refractivity contribution in [3.8, 4) is 0 Å². The number of rotatable bonds is 6. The summed E-state index contributed by atoms with van der Waals surface area (Å²) >= 11 is 6.67. The maximum Gasteiger partial charge on any atom is 0.236 e. The molecule has 21 heavy (non-hydrogen) atoms. The molecule has 2 N–H and O–H groups in total. The van der Waals surface area contributed by atoms with Gasteiger partial charge in [-0.1, -0.05) is 33.0 Å². The smallest absolute Gasteiger partial charge is 0.236 e. The molecule has 8 heteroatoms. The fourth-order valence-electron chi connectivity index (χ4n) is 2.58. The topological polar surface area (TPSA) is 80.5 Å². The molecule has 0 saturated carbocycles. The first-order valence-corrected chi connectivity index (χ1v) is 10.4. The number of nitrogens with zero attached hydrogens (tertiary/aromatic N) is 1. The molecule has 1 heterocycles. The van der Waals surface area contributed by atoms with Crippen molar-refractivity contribution in [3.63, 3.8) is 0 Å². The monoisotopic (exact) mass is 352 g/mol. The van der Waals surface area contributed by atoms with Crippen molar-refractivity contribution in [2.24, 2.45) is 11.1 Å². The first-order valence-electron chi connectivity index (χ1n) is 7.17. The van der Waals surface area contributed by atoms with Crippen LogP contribution < -0.4 is 5.73 Å². The maximum absolute atomic E-state index is 13.0. The van der Waals surface area contributed by atoms with Gasteiger partial charge in [0, 0.05) is 23.8 Å². The van der Waals surface area contributed by atoms with Gasteiger partial charge in [-0.2, -0.15) is 11.8 Å². The van der Waals surface area contributed by atoms with Gasteiger partial charge in [0.25, 0.3) is 0 Å². The Kier molecular flexibility index (Phi) is 6.49. The van der Waals surface area contributed by atoms with E-state index in [0.717, 1.165) is 5.75 Å². The fraction of sp³-hybridized carbons (Fsp3) is 0.846. The fourth-order valence-corrected chi connectivity index (χ4v) is 5.93. The van der Waals surface area contributed by atoms with E-state index in [1.54, 1.807) is 18.7 Å². The van der Waals surface area contributed by atoms with E-state index in [-0.39, 0.29) is 16.6 Å². The molecule has 1 saturated heterocycles. The van der Waals surface area contributed by atoms with E-state index in [1.807, 2.05) is 13.8 Å². The van der Waals surface area contributed by atoms with Crippen LogP contribution in [0.2, 0.25) is 0 Å². The van der Waals surface area contributed by atoms with Crippen molar-refractivity contribution in [1.82, 2.24) is 4.90 Å². The summed E-state index contributed by atoms with van der Waals surface area (Å²) in [5.74, 6) is 0.952. The summed E-state index contributed by atoms with van der Waals surface area (Å²) in [6, 6.07) is 0. The number of thiocarbonyl (C=S) groups is 1. The van der Waals surface area contributed by atoms with Crippen molar-refractivity contribution in [2.45, 2.75) is 39.0 Å². The molecular weight excluding hydrogens is 328 g/mol. The molecule has 0 radical (unpaired) electrons. The zero-order chi connectivity index (χ0) is 16.3. The highest BCUT2D eigenvalue weighted by Gasteiger charge is 2.46. The number of hydrogen-bond donors (Lipinski definition) is 1. The number of amides is 1. The van der Waals surface area contributed by atoms with Gasteiger partial charge in [-0.25, -0.2) is 8.42 Å². The summed E-state index contributed by atoms with van der Waals surface area (Å²) in [7, 11) is -3.32. The first kappa shape index (κ1) is 18.7. The second-order valence-corrected chi connectivity index (χ2v) is 9.17. The van der Waals surface area contributed by atoms with Gasteiger partial charge in [0.15, 0.2) is 9.84 Å². The minimum absolute atomic E-state index is 0.0281. The highest BCUT2D eigenvalue weighted by atomic mass is 32.2. The van der Waals surface area contributed by atoms with Crippen LogP contribution in [0.1, 0.15) is 33.6 Å². The van der Waals surface area contributed by atoms with Crippen LogP contribution in [0.3, 0.4) is 0 Å². The summed E-state index contributed by atoms with van der Waals surface area (Å²) in [6.45, 7) is 5.76. The van der Waals surface area contributed by atoms with Crippen molar-refractivity contribution >= 4 is 44.7 Å². The van der Waals surface area contributed by atoms with Crippen LogP contribution in [0.25, 0.3) is 0 Å². The van der Waals surface area contributed by atoms with Gasteiger partial charge in [-0.05, 0) is 12.8 Å². The first-order chi connectivity index (χ1) is 9.76. The SMILES string of the molecule is CCC(CC)(C(=O)N1CCSCC1S(=O)(=O)CC)C(N)=S. The number of thioether (sulfide) groups is 1. The molecular formula is C13H24N2O3S3. The third-order valence-corrected chi connectivity index (χ3v) is 7.93. The van der Waals surface area contributed by atoms with Gasteiger partial charge in [-0.15, -0.1) is 0 Å². The molecule has 1 rings (SSSR count). The van der Waals surface area contributed by atoms with Crippen LogP contribution in [0.4, 0.5) is 0 Å². The van der Waals surface area contributed by atoms with Gasteiger partial charge in [0.1, 0.15) is 5.37 Å². The van der Waals surface area contributed by atoms with E-state index in [9.17, 15) is 13.2 Å². The molecule has 0 aliphatic carbocycles. The third-order valence-electron chi connectivity index (χ3n) is 4.25. The second kappa shape index (κ2) is 7.28. The minimum Gasteiger partial charge on any atom is -0.392 e. The van der Waals surface area contributed by atoms with E-state index in [0.29, 0.717) is 25.1 Å². The molecule has 1 unspecified atom stereocenters. The summed E-state index contributed by atoms with van der Waals surface area (Å²) < 4.78 is 24.5. The molecule has 0 aromatic heterocycles. The Morgan fingerprint density at radius 2 is 1.95 bits per heavy atom. The lowest BCUT2D eigenvalue weighted by atomic mass is 9.80. The quantitative estimate of drug-likeness (QED) is 0.728. The molecule has 1 fully saturated rings. The van der Waals surface area contributed by atoms with E-state index >= 15 is 0 Å². The summed E-state index contributed by atoms with van der Waals surface area (Å²) in [5.41, 5.74) is 4.88. The summed E-state index contributed by atoms with van der Waals surface area (Å²) in [6.07, 6.45) is 0.973. The predicted octanol–water partition coefficient (Wildman–Crippen LogP) is 1.42.